The van der Waals surface area contributed by atoms with Crippen molar-refractivity contribution in [1.29, 1.82) is 0 Å². The number of rotatable bonds is 7. The molecular weight excluding hydrogens is 434 g/mol. The molecule has 1 aliphatic heterocycles. The molecule has 4 rings (SSSR count). The molecule has 1 aliphatic rings. The summed E-state index contributed by atoms with van der Waals surface area (Å²) in [6.45, 7) is 2.27. The second-order valence-corrected chi connectivity index (χ2v) is 7.98. The number of ether oxygens (including phenoxy) is 2. The van der Waals surface area contributed by atoms with E-state index in [9.17, 15) is 4.79 Å². The van der Waals surface area contributed by atoms with Crippen LogP contribution in [-0.4, -0.2) is 18.1 Å². The highest BCUT2D eigenvalue weighted by molar-refractivity contribution is 7.80. The van der Waals surface area contributed by atoms with Crippen LogP contribution in [0.2, 0.25) is 0 Å². The number of allylic oxidation sites excluding steroid dienone is 1. The molecule has 3 aromatic carbocycles. The van der Waals surface area contributed by atoms with Gasteiger partial charge in [-0.15, -0.1) is 0 Å². The van der Waals surface area contributed by atoms with Crippen molar-refractivity contribution < 1.29 is 14.3 Å². The average Bonchev–Trinajstić information content (AvgIpc) is 2.83. The van der Waals surface area contributed by atoms with Gasteiger partial charge in [0.05, 0.1) is 18.7 Å². The normalized spacial score (nSPS) is 15.3. The van der Waals surface area contributed by atoms with Gasteiger partial charge in [-0.25, -0.2) is 0 Å². The second-order valence-electron chi connectivity index (χ2n) is 7.57. The van der Waals surface area contributed by atoms with Crippen molar-refractivity contribution in [3.8, 4) is 11.5 Å². The zero-order valence-electron chi connectivity index (χ0n) is 18.4. The fourth-order valence-electron chi connectivity index (χ4n) is 3.68. The first-order valence-electron chi connectivity index (χ1n) is 10.5. The molecule has 0 unspecified atom stereocenters. The minimum atomic E-state index is -0.445. The van der Waals surface area contributed by atoms with E-state index in [4.69, 9.17) is 21.7 Å². The maximum atomic E-state index is 13.2. The molecular formula is C26H25N3O3S. The standard InChI is InChI=1S/C26H25N3O3S/c1-17-23(25(30)28-20-11-7-4-8-12-20)24(29-26(33)27-17)19-13-14-21(22(15-19)31-2)32-16-18-9-5-3-6-10-18/h3-15,24H,16H2,1-2H3,(H,28,30)(H2,27,29,33)/t24-/m1/s1. The zero-order valence-corrected chi connectivity index (χ0v) is 19.2. The van der Waals surface area contributed by atoms with Crippen molar-refractivity contribution in [2.24, 2.45) is 0 Å². The Morgan fingerprint density at radius 1 is 1.00 bits per heavy atom. The van der Waals surface area contributed by atoms with Gasteiger partial charge in [0, 0.05) is 11.4 Å². The van der Waals surface area contributed by atoms with Crippen LogP contribution in [0.3, 0.4) is 0 Å². The van der Waals surface area contributed by atoms with Crippen LogP contribution < -0.4 is 25.4 Å². The molecule has 0 bridgehead atoms. The highest BCUT2D eigenvalue weighted by atomic mass is 32.1. The van der Waals surface area contributed by atoms with Crippen molar-refractivity contribution in [3.05, 3.63) is 101 Å². The number of para-hydroxylation sites is 1. The lowest BCUT2D eigenvalue weighted by Crippen LogP contribution is -2.45. The third kappa shape index (κ3) is 5.32. The first-order chi connectivity index (χ1) is 16.0. The number of hydrogen-bond donors (Lipinski definition) is 3. The lowest BCUT2D eigenvalue weighted by atomic mass is 9.94. The third-order valence-corrected chi connectivity index (χ3v) is 5.52. The molecule has 3 aromatic rings. The highest BCUT2D eigenvalue weighted by Crippen LogP contribution is 2.35. The summed E-state index contributed by atoms with van der Waals surface area (Å²) in [7, 11) is 1.60. The molecule has 0 saturated carbocycles. The summed E-state index contributed by atoms with van der Waals surface area (Å²) >= 11 is 5.37. The molecule has 1 atom stereocenters. The smallest absolute Gasteiger partial charge is 0.255 e. The van der Waals surface area contributed by atoms with Crippen LogP contribution in [0, 0.1) is 0 Å². The van der Waals surface area contributed by atoms with E-state index in [-0.39, 0.29) is 5.91 Å². The Kier molecular flexibility index (Phi) is 6.90. The number of nitrogens with one attached hydrogen (secondary N) is 3. The van der Waals surface area contributed by atoms with Gasteiger partial charge in [0.2, 0.25) is 0 Å². The molecule has 0 spiro atoms. The van der Waals surface area contributed by atoms with E-state index in [0.29, 0.717) is 34.5 Å². The van der Waals surface area contributed by atoms with Crippen LogP contribution in [0.1, 0.15) is 24.1 Å². The molecule has 6 nitrogen and oxygen atoms in total. The van der Waals surface area contributed by atoms with Gasteiger partial charge in [-0.3, -0.25) is 4.79 Å². The van der Waals surface area contributed by atoms with Gasteiger partial charge in [-0.05, 0) is 54.5 Å². The molecule has 0 aliphatic carbocycles. The predicted molar refractivity (Wildman–Crippen MR) is 133 cm³/mol. The average molecular weight is 460 g/mol. The molecule has 0 fully saturated rings. The van der Waals surface area contributed by atoms with E-state index in [2.05, 4.69) is 16.0 Å². The van der Waals surface area contributed by atoms with E-state index < -0.39 is 6.04 Å². The number of anilines is 1. The largest absolute Gasteiger partial charge is 0.493 e. The van der Waals surface area contributed by atoms with Crippen molar-refractivity contribution in [2.45, 2.75) is 19.6 Å². The Morgan fingerprint density at radius 2 is 1.70 bits per heavy atom. The molecule has 0 saturated heterocycles. The van der Waals surface area contributed by atoms with Crippen LogP contribution >= 0.6 is 12.2 Å². The fourth-order valence-corrected chi connectivity index (χ4v) is 3.95. The Hall–Kier alpha value is -3.84. The summed E-state index contributed by atoms with van der Waals surface area (Å²) in [5.74, 6) is 0.988. The van der Waals surface area contributed by atoms with Crippen molar-refractivity contribution in [2.75, 3.05) is 12.4 Å². The predicted octanol–water partition coefficient (Wildman–Crippen LogP) is 4.71. The summed E-state index contributed by atoms with van der Waals surface area (Å²) in [5, 5.41) is 9.69. The Labute approximate surface area is 198 Å². The molecule has 1 amide bonds. The van der Waals surface area contributed by atoms with Gasteiger partial charge >= 0.3 is 0 Å². The van der Waals surface area contributed by atoms with E-state index in [1.807, 2.05) is 85.8 Å². The van der Waals surface area contributed by atoms with Crippen molar-refractivity contribution in [3.63, 3.8) is 0 Å². The molecule has 33 heavy (non-hydrogen) atoms. The maximum Gasteiger partial charge on any atom is 0.255 e. The number of amides is 1. The summed E-state index contributed by atoms with van der Waals surface area (Å²) < 4.78 is 11.6. The molecule has 0 radical (unpaired) electrons. The number of carbonyl (C=O) groups excluding carboxylic acids is 1. The van der Waals surface area contributed by atoms with Crippen LogP contribution in [0.15, 0.2) is 90.1 Å². The number of carbonyl (C=O) groups is 1. The Balaban J connectivity index is 1.60. The molecule has 1 heterocycles. The van der Waals surface area contributed by atoms with Crippen LogP contribution in [-0.2, 0) is 11.4 Å². The van der Waals surface area contributed by atoms with Crippen LogP contribution in [0.5, 0.6) is 11.5 Å². The number of thiocarbonyl (C=S) groups is 1. The second kappa shape index (κ2) is 10.2. The number of hydrogen-bond acceptors (Lipinski definition) is 4. The molecule has 3 N–H and O–H groups in total. The van der Waals surface area contributed by atoms with Gasteiger partial charge in [0.15, 0.2) is 16.6 Å². The van der Waals surface area contributed by atoms with Gasteiger partial charge in [0.1, 0.15) is 6.61 Å². The minimum Gasteiger partial charge on any atom is -0.493 e. The lowest BCUT2D eigenvalue weighted by Gasteiger charge is -2.30. The van der Waals surface area contributed by atoms with Gasteiger partial charge in [0.25, 0.3) is 5.91 Å². The van der Waals surface area contributed by atoms with Crippen LogP contribution in [0.25, 0.3) is 0 Å². The molecule has 7 heteroatoms. The summed E-state index contributed by atoms with van der Waals surface area (Å²) in [5.41, 5.74) is 3.86. The number of benzene rings is 3. The lowest BCUT2D eigenvalue weighted by molar-refractivity contribution is -0.113. The monoisotopic (exact) mass is 459 g/mol. The van der Waals surface area contributed by atoms with Crippen molar-refractivity contribution >= 4 is 28.9 Å². The van der Waals surface area contributed by atoms with E-state index >= 15 is 0 Å². The van der Waals surface area contributed by atoms with E-state index in [0.717, 1.165) is 16.8 Å². The highest BCUT2D eigenvalue weighted by Gasteiger charge is 2.30. The number of methoxy groups -OCH3 is 1. The molecule has 0 aromatic heterocycles. The van der Waals surface area contributed by atoms with Crippen molar-refractivity contribution in [1.82, 2.24) is 10.6 Å². The summed E-state index contributed by atoms with van der Waals surface area (Å²) in [4.78, 5) is 13.2. The summed E-state index contributed by atoms with van der Waals surface area (Å²) in [6, 6.07) is 24.5. The quantitative estimate of drug-likeness (QED) is 0.445. The SMILES string of the molecule is COc1cc([C@H]2NC(=S)NC(C)=C2C(=O)Nc2ccccc2)ccc1OCc1ccccc1. The summed E-state index contributed by atoms with van der Waals surface area (Å²) in [6.07, 6.45) is 0. The zero-order chi connectivity index (χ0) is 23.2. The maximum absolute atomic E-state index is 13.2. The topological polar surface area (TPSA) is 71.6 Å². The van der Waals surface area contributed by atoms with Gasteiger partial charge in [-0.2, -0.15) is 0 Å². The third-order valence-electron chi connectivity index (χ3n) is 5.30. The minimum absolute atomic E-state index is 0.213. The molecule has 168 valence electrons. The van der Waals surface area contributed by atoms with Crippen LogP contribution in [0.4, 0.5) is 5.69 Å². The Bertz CT molecular complexity index is 1180. The van der Waals surface area contributed by atoms with E-state index in [1.165, 1.54) is 0 Å². The van der Waals surface area contributed by atoms with E-state index in [1.54, 1.807) is 7.11 Å². The Morgan fingerprint density at radius 3 is 2.39 bits per heavy atom. The first-order valence-corrected chi connectivity index (χ1v) is 11.0. The van der Waals surface area contributed by atoms with Gasteiger partial charge in [-0.1, -0.05) is 54.6 Å². The fraction of sp³-hybridized carbons (Fsp3) is 0.154. The first kappa shape index (κ1) is 22.4. The van der Waals surface area contributed by atoms with Gasteiger partial charge < -0.3 is 25.4 Å².